The highest BCUT2D eigenvalue weighted by atomic mass is 16.5. The van der Waals surface area contributed by atoms with Gasteiger partial charge in [0, 0.05) is 11.3 Å². The molecular formula is C24H29NO4. The van der Waals surface area contributed by atoms with Crippen molar-refractivity contribution in [1.82, 2.24) is 0 Å². The van der Waals surface area contributed by atoms with E-state index in [9.17, 15) is 9.59 Å². The Balaban J connectivity index is 1.54. The maximum absolute atomic E-state index is 12.4. The van der Waals surface area contributed by atoms with E-state index in [1.54, 1.807) is 48.5 Å². The molecule has 3 rings (SSSR count). The molecule has 1 atom stereocenters. The lowest BCUT2D eigenvalue weighted by Gasteiger charge is -2.21. The van der Waals surface area contributed by atoms with Gasteiger partial charge in [-0.2, -0.15) is 0 Å². The second-order valence-electron chi connectivity index (χ2n) is 7.56. The Morgan fingerprint density at radius 3 is 2.21 bits per heavy atom. The summed E-state index contributed by atoms with van der Waals surface area (Å²) in [6, 6.07) is 13.9. The molecule has 0 saturated heterocycles. The molecule has 1 amide bonds. The minimum atomic E-state index is -0.299. The van der Waals surface area contributed by atoms with Crippen LogP contribution in [0.5, 0.6) is 5.75 Å². The fourth-order valence-corrected chi connectivity index (χ4v) is 3.30. The van der Waals surface area contributed by atoms with Crippen LogP contribution >= 0.6 is 0 Å². The van der Waals surface area contributed by atoms with Gasteiger partial charge in [0.05, 0.1) is 11.7 Å². The van der Waals surface area contributed by atoms with E-state index in [1.165, 1.54) is 6.42 Å². The van der Waals surface area contributed by atoms with Crippen molar-refractivity contribution in [2.45, 2.75) is 64.6 Å². The van der Waals surface area contributed by atoms with E-state index in [0.717, 1.165) is 37.9 Å². The highest BCUT2D eigenvalue weighted by molar-refractivity contribution is 6.04. The number of anilines is 1. The Labute approximate surface area is 172 Å². The monoisotopic (exact) mass is 395 g/mol. The largest absolute Gasteiger partial charge is 0.491 e. The van der Waals surface area contributed by atoms with Crippen LogP contribution in [0.1, 0.15) is 73.1 Å². The van der Waals surface area contributed by atoms with Crippen molar-refractivity contribution in [3.8, 4) is 5.75 Å². The van der Waals surface area contributed by atoms with Crippen LogP contribution in [-0.2, 0) is 4.74 Å². The first-order valence-electron chi connectivity index (χ1n) is 10.4. The van der Waals surface area contributed by atoms with E-state index in [0.29, 0.717) is 16.8 Å². The number of amides is 1. The molecule has 1 N–H and O–H groups in total. The summed E-state index contributed by atoms with van der Waals surface area (Å²) in [6.45, 7) is 4.07. The van der Waals surface area contributed by atoms with Crippen LogP contribution in [0.4, 0.5) is 5.69 Å². The van der Waals surface area contributed by atoms with Crippen molar-refractivity contribution >= 4 is 17.6 Å². The molecule has 1 unspecified atom stereocenters. The second kappa shape index (κ2) is 10.1. The number of carbonyl (C=O) groups excluding carboxylic acids is 2. The lowest BCUT2D eigenvalue weighted by atomic mass is 9.98. The summed E-state index contributed by atoms with van der Waals surface area (Å²) in [5, 5.41) is 2.85. The van der Waals surface area contributed by atoms with E-state index in [1.807, 2.05) is 6.92 Å². The molecule has 29 heavy (non-hydrogen) atoms. The van der Waals surface area contributed by atoms with Gasteiger partial charge in [-0.05, 0) is 87.6 Å². The second-order valence-corrected chi connectivity index (χ2v) is 7.56. The van der Waals surface area contributed by atoms with Gasteiger partial charge in [-0.15, -0.1) is 0 Å². The van der Waals surface area contributed by atoms with Crippen LogP contribution in [0.3, 0.4) is 0 Å². The minimum absolute atomic E-state index is 0.0305. The van der Waals surface area contributed by atoms with Gasteiger partial charge in [0.15, 0.2) is 0 Å². The molecule has 0 radical (unpaired) electrons. The van der Waals surface area contributed by atoms with Crippen LogP contribution < -0.4 is 10.1 Å². The van der Waals surface area contributed by atoms with E-state index >= 15 is 0 Å². The molecule has 5 nitrogen and oxygen atoms in total. The Kier molecular flexibility index (Phi) is 7.28. The molecule has 0 spiro atoms. The average molecular weight is 395 g/mol. The normalized spacial score (nSPS) is 15.4. The molecule has 5 heteroatoms. The summed E-state index contributed by atoms with van der Waals surface area (Å²) >= 11 is 0. The Morgan fingerprint density at radius 1 is 0.966 bits per heavy atom. The summed E-state index contributed by atoms with van der Waals surface area (Å²) in [4.78, 5) is 24.7. The third kappa shape index (κ3) is 6.08. The molecule has 0 bridgehead atoms. The number of carbonyl (C=O) groups is 2. The zero-order chi connectivity index (χ0) is 20.6. The number of rotatable bonds is 7. The summed E-state index contributed by atoms with van der Waals surface area (Å²) in [6.07, 6.45) is 6.44. The molecule has 1 fully saturated rings. The number of esters is 1. The highest BCUT2D eigenvalue weighted by Gasteiger charge is 2.18. The van der Waals surface area contributed by atoms with Crippen molar-refractivity contribution < 1.29 is 19.1 Å². The zero-order valence-electron chi connectivity index (χ0n) is 17.1. The summed E-state index contributed by atoms with van der Waals surface area (Å²) in [5.74, 6) is 0.237. The van der Waals surface area contributed by atoms with Crippen molar-refractivity contribution in [3.05, 3.63) is 59.7 Å². The number of hydrogen-bond donors (Lipinski definition) is 1. The molecular weight excluding hydrogens is 366 g/mol. The van der Waals surface area contributed by atoms with Gasteiger partial charge >= 0.3 is 5.97 Å². The first-order chi connectivity index (χ1) is 14.0. The number of hydrogen-bond acceptors (Lipinski definition) is 4. The average Bonchev–Trinajstić information content (AvgIpc) is 2.75. The van der Waals surface area contributed by atoms with Crippen molar-refractivity contribution in [2.24, 2.45) is 0 Å². The topological polar surface area (TPSA) is 64.6 Å². The van der Waals surface area contributed by atoms with Gasteiger partial charge in [-0.3, -0.25) is 4.79 Å². The molecule has 0 aliphatic heterocycles. The number of ether oxygens (including phenoxy) is 2. The van der Waals surface area contributed by atoms with Crippen LogP contribution in [0.15, 0.2) is 48.5 Å². The molecule has 2 aromatic carbocycles. The minimum Gasteiger partial charge on any atom is -0.491 e. The lowest BCUT2D eigenvalue weighted by molar-refractivity contribution is 0.0211. The maximum Gasteiger partial charge on any atom is 0.338 e. The summed E-state index contributed by atoms with van der Waals surface area (Å²) in [7, 11) is 0. The molecule has 2 aromatic rings. The predicted octanol–water partition coefficient (Wildman–Crippen LogP) is 5.61. The van der Waals surface area contributed by atoms with Gasteiger partial charge in [0.1, 0.15) is 11.9 Å². The highest BCUT2D eigenvalue weighted by Crippen LogP contribution is 2.22. The van der Waals surface area contributed by atoms with E-state index < -0.39 is 0 Å². The van der Waals surface area contributed by atoms with Crippen molar-refractivity contribution in [1.29, 1.82) is 0 Å². The summed E-state index contributed by atoms with van der Waals surface area (Å²) in [5.41, 5.74) is 1.67. The molecule has 0 heterocycles. The maximum atomic E-state index is 12.4. The van der Waals surface area contributed by atoms with Crippen molar-refractivity contribution in [2.75, 3.05) is 5.32 Å². The number of nitrogens with one attached hydrogen (secondary N) is 1. The lowest BCUT2D eigenvalue weighted by Crippen LogP contribution is -2.21. The third-order valence-corrected chi connectivity index (χ3v) is 5.23. The Morgan fingerprint density at radius 2 is 1.59 bits per heavy atom. The van der Waals surface area contributed by atoms with Gasteiger partial charge in [-0.25, -0.2) is 4.79 Å². The van der Waals surface area contributed by atoms with E-state index in [-0.39, 0.29) is 24.1 Å². The van der Waals surface area contributed by atoms with Crippen molar-refractivity contribution in [3.63, 3.8) is 0 Å². The van der Waals surface area contributed by atoms with E-state index in [4.69, 9.17) is 9.47 Å². The SMILES string of the molecule is CCC(C)Oc1ccc(C(=O)Nc2ccc(C(=O)OC3CCCCC3)cc2)cc1. The summed E-state index contributed by atoms with van der Waals surface area (Å²) < 4.78 is 11.3. The zero-order valence-corrected chi connectivity index (χ0v) is 17.1. The number of benzene rings is 2. The molecule has 1 aliphatic carbocycles. The van der Waals surface area contributed by atoms with Crippen LogP contribution in [-0.4, -0.2) is 24.1 Å². The molecule has 1 saturated carbocycles. The van der Waals surface area contributed by atoms with Crippen LogP contribution in [0.2, 0.25) is 0 Å². The predicted molar refractivity (Wildman–Crippen MR) is 114 cm³/mol. The first kappa shape index (κ1) is 20.9. The quantitative estimate of drug-likeness (QED) is 0.619. The van der Waals surface area contributed by atoms with Gasteiger partial charge < -0.3 is 14.8 Å². The fourth-order valence-electron chi connectivity index (χ4n) is 3.30. The van der Waals surface area contributed by atoms with Gasteiger partial charge in [0.2, 0.25) is 0 Å². The molecule has 1 aliphatic rings. The Bertz CT molecular complexity index is 808. The Hall–Kier alpha value is -2.82. The molecule has 154 valence electrons. The van der Waals surface area contributed by atoms with Gasteiger partial charge in [-0.1, -0.05) is 13.3 Å². The van der Waals surface area contributed by atoms with E-state index in [2.05, 4.69) is 12.2 Å². The van der Waals surface area contributed by atoms with Gasteiger partial charge in [0.25, 0.3) is 5.91 Å². The smallest absolute Gasteiger partial charge is 0.338 e. The fraction of sp³-hybridized carbons (Fsp3) is 0.417. The third-order valence-electron chi connectivity index (χ3n) is 5.23. The standard InChI is InChI=1S/C24H29NO4/c1-3-17(2)28-22-15-11-18(12-16-22)23(26)25-20-13-9-19(10-14-20)24(27)29-21-7-5-4-6-8-21/h9-17,21H,3-8H2,1-2H3,(H,25,26). The molecule has 0 aromatic heterocycles. The van der Waals surface area contributed by atoms with Crippen LogP contribution in [0.25, 0.3) is 0 Å². The first-order valence-corrected chi connectivity index (χ1v) is 10.4. The van der Waals surface area contributed by atoms with Crippen LogP contribution in [0, 0.1) is 0 Å².